The molecule has 0 spiro atoms. The minimum atomic E-state index is -0.448. The molecule has 2 amide bonds. The molecule has 2 rings (SSSR count). The second-order valence-electron chi connectivity index (χ2n) is 4.79. The lowest BCUT2D eigenvalue weighted by Gasteiger charge is -2.38. The molecule has 0 aromatic carbocycles. The normalized spacial score (nSPS) is 20.4. The van der Waals surface area contributed by atoms with Crippen molar-refractivity contribution in [2.45, 2.75) is 6.04 Å². The van der Waals surface area contributed by atoms with Gasteiger partial charge in [0.05, 0.1) is 11.8 Å². The monoisotopic (exact) mass is 265 g/mol. The van der Waals surface area contributed by atoms with E-state index in [1.807, 2.05) is 11.9 Å². The quantitative estimate of drug-likeness (QED) is 0.738. The van der Waals surface area contributed by atoms with Crippen molar-refractivity contribution in [3.63, 3.8) is 0 Å². The van der Waals surface area contributed by atoms with Gasteiger partial charge in [-0.25, -0.2) is 0 Å². The number of aryl methyl sites for hydroxylation is 1. The Balaban J connectivity index is 2.20. The molecule has 1 N–H and O–H groups in total. The molecule has 1 fully saturated rings. The summed E-state index contributed by atoms with van der Waals surface area (Å²) in [4.78, 5) is 28.0. The first-order valence-corrected chi connectivity index (χ1v) is 6.22. The van der Waals surface area contributed by atoms with Crippen molar-refractivity contribution >= 4 is 11.8 Å². The molecule has 1 aliphatic heterocycles. The van der Waals surface area contributed by atoms with Crippen LogP contribution in [0.4, 0.5) is 0 Å². The van der Waals surface area contributed by atoms with Gasteiger partial charge < -0.3 is 15.1 Å². The van der Waals surface area contributed by atoms with Gasteiger partial charge in [0, 0.05) is 39.9 Å². The van der Waals surface area contributed by atoms with E-state index in [-0.39, 0.29) is 11.8 Å². The molecule has 1 aromatic rings. The summed E-state index contributed by atoms with van der Waals surface area (Å²) < 4.78 is 1.58. The average Bonchev–Trinajstić information content (AvgIpc) is 2.83. The zero-order chi connectivity index (χ0) is 14.0. The maximum Gasteiger partial charge on any atom is 0.257 e. The highest BCUT2D eigenvalue weighted by Gasteiger charge is 2.34. The first-order chi connectivity index (χ1) is 9.02. The standard InChI is InChI=1S/C12H19N5O2/c1-13-11(18)10-8-15(2)4-5-17(10)12(19)9-6-14-16(3)7-9/h6-7,10H,4-5,8H2,1-3H3,(H,13,18). The summed E-state index contributed by atoms with van der Waals surface area (Å²) in [6, 6.07) is -0.448. The van der Waals surface area contributed by atoms with Crippen LogP contribution in [0.3, 0.4) is 0 Å². The van der Waals surface area contributed by atoms with Crippen LogP contribution in [0.15, 0.2) is 12.4 Å². The molecule has 0 radical (unpaired) electrons. The van der Waals surface area contributed by atoms with Crippen LogP contribution in [-0.2, 0) is 11.8 Å². The molecule has 1 saturated heterocycles. The Hall–Kier alpha value is -1.89. The van der Waals surface area contributed by atoms with E-state index in [0.717, 1.165) is 6.54 Å². The topological polar surface area (TPSA) is 70.5 Å². The lowest BCUT2D eigenvalue weighted by Crippen LogP contribution is -2.59. The van der Waals surface area contributed by atoms with Gasteiger partial charge in [-0.05, 0) is 7.05 Å². The largest absolute Gasteiger partial charge is 0.357 e. The predicted molar refractivity (Wildman–Crippen MR) is 69.6 cm³/mol. The SMILES string of the molecule is CNC(=O)C1CN(C)CCN1C(=O)c1cnn(C)c1. The highest BCUT2D eigenvalue weighted by molar-refractivity contribution is 5.97. The van der Waals surface area contributed by atoms with Crippen molar-refractivity contribution in [3.05, 3.63) is 18.0 Å². The third-order valence-electron chi connectivity index (χ3n) is 3.35. The van der Waals surface area contributed by atoms with E-state index >= 15 is 0 Å². The number of aromatic nitrogens is 2. The molecule has 104 valence electrons. The summed E-state index contributed by atoms with van der Waals surface area (Å²) in [5.41, 5.74) is 0.515. The van der Waals surface area contributed by atoms with E-state index in [1.54, 1.807) is 29.9 Å². The number of piperazine rings is 1. The van der Waals surface area contributed by atoms with Crippen molar-refractivity contribution in [3.8, 4) is 0 Å². The predicted octanol–water partition coefficient (Wildman–Crippen LogP) is -1.08. The summed E-state index contributed by atoms with van der Waals surface area (Å²) in [6.07, 6.45) is 3.20. The Morgan fingerprint density at radius 2 is 2.11 bits per heavy atom. The van der Waals surface area contributed by atoms with Gasteiger partial charge >= 0.3 is 0 Å². The minimum absolute atomic E-state index is 0.135. The number of carbonyl (C=O) groups is 2. The van der Waals surface area contributed by atoms with Crippen LogP contribution in [0, 0.1) is 0 Å². The third-order valence-corrected chi connectivity index (χ3v) is 3.35. The fourth-order valence-corrected chi connectivity index (χ4v) is 2.25. The number of nitrogens with one attached hydrogen (secondary N) is 1. The van der Waals surface area contributed by atoms with E-state index in [4.69, 9.17) is 0 Å². The molecule has 1 aliphatic rings. The number of likely N-dealkylation sites (N-methyl/N-ethyl adjacent to an activating group) is 2. The number of carbonyl (C=O) groups excluding carboxylic acids is 2. The van der Waals surface area contributed by atoms with Gasteiger partial charge in [0.1, 0.15) is 6.04 Å². The number of amides is 2. The summed E-state index contributed by atoms with van der Waals surface area (Å²) >= 11 is 0. The van der Waals surface area contributed by atoms with Crippen LogP contribution in [0.1, 0.15) is 10.4 Å². The molecule has 1 atom stereocenters. The lowest BCUT2D eigenvalue weighted by atomic mass is 10.1. The number of nitrogens with zero attached hydrogens (tertiary/aromatic N) is 4. The maximum atomic E-state index is 12.4. The van der Waals surface area contributed by atoms with Gasteiger partial charge in [-0.3, -0.25) is 14.3 Å². The minimum Gasteiger partial charge on any atom is -0.357 e. The van der Waals surface area contributed by atoms with Crippen LogP contribution >= 0.6 is 0 Å². The van der Waals surface area contributed by atoms with Crippen LogP contribution in [0.2, 0.25) is 0 Å². The Bertz CT molecular complexity index is 484. The number of hydrogen-bond donors (Lipinski definition) is 1. The summed E-state index contributed by atoms with van der Waals surface area (Å²) in [6.45, 7) is 1.85. The Morgan fingerprint density at radius 1 is 1.37 bits per heavy atom. The second-order valence-corrected chi connectivity index (χ2v) is 4.79. The first kappa shape index (κ1) is 13.5. The van der Waals surface area contributed by atoms with Crippen molar-refractivity contribution < 1.29 is 9.59 Å². The van der Waals surface area contributed by atoms with Gasteiger partial charge in [-0.1, -0.05) is 0 Å². The maximum absolute atomic E-state index is 12.4. The van der Waals surface area contributed by atoms with Gasteiger partial charge in [-0.15, -0.1) is 0 Å². The second kappa shape index (κ2) is 5.40. The summed E-state index contributed by atoms with van der Waals surface area (Å²) in [5, 5.41) is 6.61. The van der Waals surface area contributed by atoms with E-state index in [2.05, 4.69) is 10.4 Å². The average molecular weight is 265 g/mol. The highest BCUT2D eigenvalue weighted by Crippen LogP contribution is 2.13. The smallest absolute Gasteiger partial charge is 0.257 e. The molecular formula is C12H19N5O2. The Kier molecular flexibility index (Phi) is 3.84. The molecule has 0 aliphatic carbocycles. The van der Waals surface area contributed by atoms with Gasteiger partial charge in [-0.2, -0.15) is 5.10 Å². The van der Waals surface area contributed by atoms with E-state index in [9.17, 15) is 9.59 Å². The first-order valence-electron chi connectivity index (χ1n) is 6.22. The van der Waals surface area contributed by atoms with Crippen molar-refractivity contribution in [2.75, 3.05) is 33.7 Å². The molecule has 0 bridgehead atoms. The van der Waals surface area contributed by atoms with E-state index in [0.29, 0.717) is 18.7 Å². The van der Waals surface area contributed by atoms with Crippen molar-refractivity contribution in [2.24, 2.45) is 7.05 Å². The van der Waals surface area contributed by atoms with Crippen LogP contribution in [-0.4, -0.2) is 71.2 Å². The molecular weight excluding hydrogens is 246 g/mol. The van der Waals surface area contributed by atoms with E-state index in [1.165, 1.54) is 6.20 Å². The van der Waals surface area contributed by atoms with Crippen LogP contribution in [0.5, 0.6) is 0 Å². The van der Waals surface area contributed by atoms with Crippen LogP contribution < -0.4 is 5.32 Å². The number of rotatable bonds is 2. The number of hydrogen-bond acceptors (Lipinski definition) is 4. The molecule has 7 nitrogen and oxygen atoms in total. The molecule has 1 aromatic heterocycles. The molecule has 0 saturated carbocycles. The molecule has 2 heterocycles. The Morgan fingerprint density at radius 3 is 2.68 bits per heavy atom. The Labute approximate surface area is 112 Å². The zero-order valence-electron chi connectivity index (χ0n) is 11.5. The molecule has 1 unspecified atom stereocenters. The van der Waals surface area contributed by atoms with Gasteiger partial charge in [0.15, 0.2) is 0 Å². The summed E-state index contributed by atoms with van der Waals surface area (Å²) in [7, 11) is 5.29. The molecule has 7 heteroatoms. The lowest BCUT2D eigenvalue weighted by molar-refractivity contribution is -0.126. The zero-order valence-corrected chi connectivity index (χ0v) is 11.5. The highest BCUT2D eigenvalue weighted by atomic mass is 16.2. The fourth-order valence-electron chi connectivity index (χ4n) is 2.25. The van der Waals surface area contributed by atoms with Gasteiger partial charge in [0.25, 0.3) is 5.91 Å². The molecule has 19 heavy (non-hydrogen) atoms. The van der Waals surface area contributed by atoms with Crippen molar-refractivity contribution in [1.82, 2.24) is 24.9 Å². The van der Waals surface area contributed by atoms with Crippen molar-refractivity contribution in [1.29, 1.82) is 0 Å². The third kappa shape index (κ3) is 2.76. The van der Waals surface area contributed by atoms with E-state index < -0.39 is 6.04 Å². The van der Waals surface area contributed by atoms with Gasteiger partial charge in [0.2, 0.25) is 5.91 Å². The van der Waals surface area contributed by atoms with Crippen LogP contribution in [0.25, 0.3) is 0 Å². The fraction of sp³-hybridized carbons (Fsp3) is 0.583. The summed E-state index contributed by atoms with van der Waals surface area (Å²) in [5.74, 6) is -0.279.